The number of ether oxygens (including phenoxy) is 2. The number of hydrogen-bond donors (Lipinski definition) is 1. The molecule has 0 aliphatic carbocycles. The van der Waals surface area contributed by atoms with Crippen LogP contribution in [-0.2, 0) is 4.79 Å². The number of carbonyl (C=O) groups is 1. The molecule has 1 saturated heterocycles. The van der Waals surface area contributed by atoms with Crippen LogP contribution in [0.3, 0.4) is 0 Å². The predicted molar refractivity (Wildman–Crippen MR) is 124 cm³/mol. The summed E-state index contributed by atoms with van der Waals surface area (Å²) < 4.78 is 10.7. The number of anilines is 2. The van der Waals surface area contributed by atoms with Gasteiger partial charge in [-0.25, -0.2) is 0 Å². The molecule has 1 aliphatic rings. The van der Waals surface area contributed by atoms with Crippen molar-refractivity contribution < 1.29 is 14.3 Å². The maximum absolute atomic E-state index is 12.3. The van der Waals surface area contributed by atoms with Gasteiger partial charge in [0.25, 0.3) is 5.91 Å². The van der Waals surface area contributed by atoms with Crippen LogP contribution in [0.4, 0.5) is 11.5 Å². The summed E-state index contributed by atoms with van der Waals surface area (Å²) in [6, 6.07) is 18.6. The van der Waals surface area contributed by atoms with E-state index < -0.39 is 0 Å². The SMILES string of the molecule is COc1cccc(OCC(=O)Nc2cccc(-c3ccc(N4CCN(C)CC4)nn3)c2)c1. The second kappa shape index (κ2) is 10.1. The number of likely N-dealkylation sites (N-methyl/N-ethyl adjacent to an activating group) is 1. The molecule has 1 fully saturated rings. The second-order valence-electron chi connectivity index (χ2n) is 7.66. The van der Waals surface area contributed by atoms with Crippen LogP contribution in [0.25, 0.3) is 11.3 Å². The van der Waals surface area contributed by atoms with Crippen molar-refractivity contribution in [1.29, 1.82) is 0 Å². The Morgan fingerprint density at radius 2 is 1.75 bits per heavy atom. The standard InChI is InChI=1S/C24H27N5O3/c1-28-11-13-29(14-12-28)23-10-9-22(26-27-23)18-5-3-6-19(15-18)25-24(30)17-32-21-8-4-7-20(16-21)31-2/h3-10,15-16H,11-14,17H2,1-2H3,(H,25,30). The Morgan fingerprint density at radius 1 is 0.969 bits per heavy atom. The van der Waals surface area contributed by atoms with E-state index in [0.717, 1.165) is 43.3 Å². The molecule has 2 heterocycles. The van der Waals surface area contributed by atoms with E-state index in [2.05, 4.69) is 32.4 Å². The first-order chi connectivity index (χ1) is 15.6. The fourth-order valence-corrected chi connectivity index (χ4v) is 3.48. The molecule has 1 amide bonds. The van der Waals surface area contributed by atoms with Crippen LogP contribution < -0.4 is 19.7 Å². The Morgan fingerprint density at radius 3 is 2.50 bits per heavy atom. The van der Waals surface area contributed by atoms with E-state index in [1.165, 1.54) is 0 Å². The minimum Gasteiger partial charge on any atom is -0.497 e. The van der Waals surface area contributed by atoms with Crippen molar-refractivity contribution in [1.82, 2.24) is 15.1 Å². The van der Waals surface area contributed by atoms with Gasteiger partial charge in [0.1, 0.15) is 11.5 Å². The Bertz CT molecular complexity index is 1050. The molecule has 0 saturated carbocycles. The van der Waals surface area contributed by atoms with E-state index in [1.54, 1.807) is 19.2 Å². The Balaban J connectivity index is 1.36. The fraction of sp³-hybridized carbons (Fsp3) is 0.292. The molecule has 8 heteroatoms. The maximum atomic E-state index is 12.3. The summed E-state index contributed by atoms with van der Waals surface area (Å²) in [5, 5.41) is 11.7. The van der Waals surface area contributed by atoms with Crippen molar-refractivity contribution in [2.75, 3.05) is 57.2 Å². The maximum Gasteiger partial charge on any atom is 0.262 e. The van der Waals surface area contributed by atoms with Crippen LogP contribution in [0.2, 0.25) is 0 Å². The Labute approximate surface area is 187 Å². The lowest BCUT2D eigenvalue weighted by molar-refractivity contribution is -0.118. The van der Waals surface area contributed by atoms with Gasteiger partial charge in [-0.1, -0.05) is 18.2 Å². The zero-order valence-corrected chi connectivity index (χ0v) is 18.3. The summed E-state index contributed by atoms with van der Waals surface area (Å²) in [5.41, 5.74) is 2.31. The quantitative estimate of drug-likeness (QED) is 0.614. The average Bonchev–Trinajstić information content (AvgIpc) is 2.84. The van der Waals surface area contributed by atoms with Crippen molar-refractivity contribution in [2.45, 2.75) is 0 Å². The topological polar surface area (TPSA) is 79.8 Å². The van der Waals surface area contributed by atoms with Gasteiger partial charge >= 0.3 is 0 Å². The van der Waals surface area contributed by atoms with Crippen LogP contribution in [0, 0.1) is 0 Å². The van der Waals surface area contributed by atoms with E-state index in [-0.39, 0.29) is 12.5 Å². The molecular weight excluding hydrogens is 406 g/mol. The highest BCUT2D eigenvalue weighted by Crippen LogP contribution is 2.23. The van der Waals surface area contributed by atoms with Crippen LogP contribution >= 0.6 is 0 Å². The first-order valence-corrected chi connectivity index (χ1v) is 10.5. The number of rotatable bonds is 7. The molecule has 4 rings (SSSR count). The van der Waals surface area contributed by atoms with Crippen molar-refractivity contribution in [3.8, 4) is 22.8 Å². The normalized spacial score (nSPS) is 14.1. The van der Waals surface area contributed by atoms with Crippen molar-refractivity contribution in [2.24, 2.45) is 0 Å². The monoisotopic (exact) mass is 433 g/mol. The molecule has 2 aromatic carbocycles. The van der Waals surface area contributed by atoms with Gasteiger partial charge in [0.2, 0.25) is 0 Å². The van der Waals surface area contributed by atoms with Crippen LogP contribution in [0.5, 0.6) is 11.5 Å². The van der Waals surface area contributed by atoms with Gasteiger partial charge in [-0.2, -0.15) is 0 Å². The molecule has 0 bridgehead atoms. The van der Waals surface area contributed by atoms with E-state index >= 15 is 0 Å². The Hall–Kier alpha value is -3.65. The molecular formula is C24H27N5O3. The fourth-order valence-electron chi connectivity index (χ4n) is 3.48. The summed E-state index contributed by atoms with van der Waals surface area (Å²) >= 11 is 0. The highest BCUT2D eigenvalue weighted by molar-refractivity contribution is 5.92. The third kappa shape index (κ3) is 5.53. The number of carbonyl (C=O) groups excluding carboxylic acids is 1. The van der Waals surface area contributed by atoms with E-state index in [4.69, 9.17) is 9.47 Å². The number of piperazine rings is 1. The van der Waals surface area contributed by atoms with Gasteiger partial charge in [-0.3, -0.25) is 4.79 Å². The van der Waals surface area contributed by atoms with Crippen LogP contribution in [-0.4, -0.2) is 67.9 Å². The molecule has 1 aliphatic heterocycles. The minimum atomic E-state index is -0.249. The molecule has 1 N–H and O–H groups in total. The van der Waals surface area contributed by atoms with Gasteiger partial charge in [-0.15, -0.1) is 10.2 Å². The molecule has 0 spiro atoms. The van der Waals surface area contributed by atoms with E-state index in [1.807, 2.05) is 48.5 Å². The molecule has 166 valence electrons. The van der Waals surface area contributed by atoms with Gasteiger partial charge in [0, 0.05) is 43.5 Å². The number of nitrogens with one attached hydrogen (secondary N) is 1. The lowest BCUT2D eigenvalue weighted by Crippen LogP contribution is -2.44. The van der Waals surface area contributed by atoms with E-state index in [9.17, 15) is 4.79 Å². The highest BCUT2D eigenvalue weighted by Gasteiger charge is 2.16. The summed E-state index contributed by atoms with van der Waals surface area (Å²) in [7, 11) is 3.71. The Kier molecular flexibility index (Phi) is 6.81. The highest BCUT2D eigenvalue weighted by atomic mass is 16.5. The van der Waals surface area contributed by atoms with Gasteiger partial charge in [0.05, 0.1) is 12.8 Å². The zero-order valence-electron chi connectivity index (χ0n) is 18.3. The van der Waals surface area contributed by atoms with Gasteiger partial charge in [-0.05, 0) is 43.4 Å². The molecule has 1 aromatic heterocycles. The minimum absolute atomic E-state index is 0.100. The molecule has 0 unspecified atom stereocenters. The second-order valence-corrected chi connectivity index (χ2v) is 7.66. The average molecular weight is 434 g/mol. The third-order valence-electron chi connectivity index (χ3n) is 5.33. The number of benzene rings is 2. The van der Waals surface area contributed by atoms with Crippen molar-refractivity contribution >= 4 is 17.4 Å². The molecule has 8 nitrogen and oxygen atoms in total. The van der Waals surface area contributed by atoms with Crippen molar-refractivity contribution in [3.05, 3.63) is 60.7 Å². The van der Waals surface area contributed by atoms with Crippen molar-refractivity contribution in [3.63, 3.8) is 0 Å². The summed E-state index contributed by atoms with van der Waals surface area (Å²) in [6.45, 7) is 3.84. The zero-order chi connectivity index (χ0) is 22.3. The number of aromatic nitrogens is 2. The largest absolute Gasteiger partial charge is 0.497 e. The van der Waals surface area contributed by atoms with Gasteiger partial charge in [0.15, 0.2) is 12.4 Å². The predicted octanol–water partition coefficient (Wildman–Crippen LogP) is 2.92. The lowest BCUT2D eigenvalue weighted by atomic mass is 10.1. The van der Waals surface area contributed by atoms with Crippen LogP contribution in [0.1, 0.15) is 0 Å². The molecule has 3 aromatic rings. The number of nitrogens with zero attached hydrogens (tertiary/aromatic N) is 4. The smallest absolute Gasteiger partial charge is 0.262 e. The summed E-state index contributed by atoms with van der Waals surface area (Å²) in [4.78, 5) is 16.9. The number of hydrogen-bond acceptors (Lipinski definition) is 7. The first-order valence-electron chi connectivity index (χ1n) is 10.5. The molecule has 32 heavy (non-hydrogen) atoms. The molecule has 0 atom stereocenters. The van der Waals surface area contributed by atoms with Crippen LogP contribution in [0.15, 0.2) is 60.7 Å². The first kappa shape index (κ1) is 21.6. The van der Waals surface area contributed by atoms with Gasteiger partial charge < -0.3 is 24.6 Å². The number of methoxy groups -OCH3 is 1. The lowest BCUT2D eigenvalue weighted by Gasteiger charge is -2.32. The summed E-state index contributed by atoms with van der Waals surface area (Å²) in [5.74, 6) is 1.89. The third-order valence-corrected chi connectivity index (χ3v) is 5.33. The number of amides is 1. The summed E-state index contributed by atoms with van der Waals surface area (Å²) in [6.07, 6.45) is 0. The van der Waals surface area contributed by atoms with E-state index in [0.29, 0.717) is 17.2 Å². The molecule has 0 radical (unpaired) electrons.